The van der Waals surface area contributed by atoms with Crippen molar-refractivity contribution in [2.75, 3.05) is 30.8 Å². The smallest absolute Gasteiger partial charge is 0.244 e. The fourth-order valence-corrected chi connectivity index (χ4v) is 4.57. The molecule has 1 atom stereocenters. The van der Waals surface area contributed by atoms with Crippen LogP contribution in [-0.4, -0.2) is 57.6 Å². The lowest BCUT2D eigenvalue weighted by Crippen LogP contribution is -2.52. The zero-order valence-electron chi connectivity index (χ0n) is 21.3. The van der Waals surface area contributed by atoms with E-state index in [0.717, 1.165) is 34.5 Å². The second kappa shape index (κ2) is 13.1. The summed E-state index contributed by atoms with van der Waals surface area (Å²) in [4.78, 5) is 28.1. The Bertz CT molecular complexity index is 1090. The average molecular weight is 504 g/mol. The van der Waals surface area contributed by atoms with Gasteiger partial charge in [0.2, 0.25) is 21.8 Å². The van der Waals surface area contributed by atoms with Crippen LogP contribution in [0.3, 0.4) is 0 Å². The number of benzene rings is 2. The molecule has 0 aromatic heterocycles. The van der Waals surface area contributed by atoms with Crippen molar-refractivity contribution in [2.24, 2.45) is 0 Å². The third-order valence-corrected chi connectivity index (χ3v) is 6.84. The van der Waals surface area contributed by atoms with E-state index in [1.54, 1.807) is 43.5 Å². The number of hydrogen-bond donors (Lipinski definition) is 1. The van der Waals surface area contributed by atoms with Gasteiger partial charge in [0.1, 0.15) is 18.3 Å². The van der Waals surface area contributed by atoms with Crippen molar-refractivity contribution in [3.63, 3.8) is 0 Å². The number of aryl methyl sites for hydroxylation is 1. The predicted octanol–water partition coefficient (Wildman–Crippen LogP) is 3.49. The topological polar surface area (TPSA) is 96.0 Å². The summed E-state index contributed by atoms with van der Waals surface area (Å²) < 4.78 is 31.6. The number of amides is 2. The molecule has 0 aliphatic carbocycles. The van der Waals surface area contributed by atoms with E-state index in [1.807, 2.05) is 32.9 Å². The SMILES string of the molecule is CCCCNC(=O)[C@@H](CC)N(Cc1cccc(OC)c1)C(=O)CN(c1ccc(C)cc1)S(C)(=O)=O. The molecule has 2 aromatic carbocycles. The van der Waals surface area contributed by atoms with Crippen molar-refractivity contribution in [1.82, 2.24) is 10.2 Å². The van der Waals surface area contributed by atoms with E-state index in [2.05, 4.69) is 5.32 Å². The van der Waals surface area contributed by atoms with Gasteiger partial charge in [-0.25, -0.2) is 8.42 Å². The van der Waals surface area contributed by atoms with Gasteiger partial charge in [-0.15, -0.1) is 0 Å². The zero-order chi connectivity index (χ0) is 26.0. The molecule has 2 rings (SSSR count). The predicted molar refractivity (Wildman–Crippen MR) is 139 cm³/mol. The first-order valence-corrected chi connectivity index (χ1v) is 13.7. The number of unbranched alkanes of at least 4 members (excludes halogenated alkanes) is 1. The van der Waals surface area contributed by atoms with Crippen LogP contribution in [0.25, 0.3) is 0 Å². The summed E-state index contributed by atoms with van der Waals surface area (Å²) in [5.74, 6) is -0.0810. The molecule has 0 bridgehead atoms. The number of methoxy groups -OCH3 is 1. The molecule has 0 unspecified atom stereocenters. The summed E-state index contributed by atoms with van der Waals surface area (Å²) in [5.41, 5.74) is 2.15. The summed E-state index contributed by atoms with van der Waals surface area (Å²) >= 11 is 0. The van der Waals surface area contributed by atoms with Gasteiger partial charge in [0.25, 0.3) is 0 Å². The number of rotatable bonds is 13. The number of nitrogens with one attached hydrogen (secondary N) is 1. The van der Waals surface area contributed by atoms with Gasteiger partial charge < -0.3 is 15.0 Å². The first kappa shape index (κ1) is 28.2. The van der Waals surface area contributed by atoms with E-state index in [4.69, 9.17) is 4.74 Å². The molecular formula is C26H37N3O5S. The molecule has 0 radical (unpaired) electrons. The zero-order valence-corrected chi connectivity index (χ0v) is 22.1. The highest BCUT2D eigenvalue weighted by atomic mass is 32.2. The number of anilines is 1. The number of nitrogens with zero attached hydrogens (tertiary/aromatic N) is 2. The molecule has 1 N–H and O–H groups in total. The van der Waals surface area contributed by atoms with Gasteiger partial charge in [-0.2, -0.15) is 0 Å². The van der Waals surface area contributed by atoms with E-state index in [-0.39, 0.29) is 12.5 Å². The number of ether oxygens (including phenoxy) is 1. The normalized spacial score (nSPS) is 12.0. The fourth-order valence-electron chi connectivity index (χ4n) is 3.72. The van der Waals surface area contributed by atoms with Gasteiger partial charge in [0, 0.05) is 13.1 Å². The van der Waals surface area contributed by atoms with Crippen LogP contribution < -0.4 is 14.4 Å². The van der Waals surface area contributed by atoms with Crippen molar-refractivity contribution in [3.8, 4) is 5.75 Å². The van der Waals surface area contributed by atoms with Gasteiger partial charge in [-0.05, 0) is 49.6 Å². The molecule has 0 saturated carbocycles. The Balaban J connectivity index is 2.40. The van der Waals surface area contributed by atoms with Crippen LogP contribution in [0, 0.1) is 6.92 Å². The van der Waals surface area contributed by atoms with Crippen LogP contribution >= 0.6 is 0 Å². The number of carbonyl (C=O) groups excluding carboxylic acids is 2. The molecule has 192 valence electrons. The second-order valence-corrected chi connectivity index (χ2v) is 10.5. The van der Waals surface area contributed by atoms with Crippen LogP contribution in [0.1, 0.15) is 44.2 Å². The summed E-state index contributed by atoms with van der Waals surface area (Å²) in [7, 11) is -2.19. The Hall–Kier alpha value is -3.07. The van der Waals surface area contributed by atoms with Crippen LogP contribution in [0.2, 0.25) is 0 Å². The average Bonchev–Trinajstić information content (AvgIpc) is 2.82. The maximum atomic E-state index is 13.6. The maximum Gasteiger partial charge on any atom is 0.244 e. The van der Waals surface area contributed by atoms with Crippen molar-refractivity contribution in [2.45, 2.75) is 52.6 Å². The first-order chi connectivity index (χ1) is 16.6. The van der Waals surface area contributed by atoms with Gasteiger partial charge in [0.05, 0.1) is 19.1 Å². The van der Waals surface area contributed by atoms with E-state index in [0.29, 0.717) is 24.4 Å². The Labute approximate surface area is 209 Å². The van der Waals surface area contributed by atoms with Crippen molar-refractivity contribution < 1.29 is 22.7 Å². The first-order valence-electron chi connectivity index (χ1n) is 11.8. The molecule has 0 spiro atoms. The molecule has 35 heavy (non-hydrogen) atoms. The Morgan fingerprint density at radius 2 is 1.77 bits per heavy atom. The minimum absolute atomic E-state index is 0.140. The molecule has 2 amide bonds. The Kier molecular flexibility index (Phi) is 10.6. The van der Waals surface area contributed by atoms with Crippen molar-refractivity contribution in [1.29, 1.82) is 0 Å². The lowest BCUT2D eigenvalue weighted by Gasteiger charge is -2.33. The summed E-state index contributed by atoms with van der Waals surface area (Å²) in [6.45, 7) is 6.02. The number of carbonyl (C=O) groups is 2. The van der Waals surface area contributed by atoms with Crippen LogP contribution in [0.4, 0.5) is 5.69 Å². The third-order valence-electron chi connectivity index (χ3n) is 5.70. The van der Waals surface area contributed by atoms with Crippen molar-refractivity contribution >= 4 is 27.5 Å². The monoisotopic (exact) mass is 503 g/mol. The number of sulfonamides is 1. The highest BCUT2D eigenvalue weighted by molar-refractivity contribution is 7.92. The largest absolute Gasteiger partial charge is 0.497 e. The van der Waals surface area contributed by atoms with E-state index in [1.165, 1.54) is 4.90 Å². The van der Waals surface area contributed by atoms with E-state index < -0.39 is 28.5 Å². The molecule has 9 heteroatoms. The van der Waals surface area contributed by atoms with Gasteiger partial charge in [0.15, 0.2) is 0 Å². The number of hydrogen-bond acceptors (Lipinski definition) is 5. The quantitative estimate of drug-likeness (QED) is 0.422. The minimum atomic E-state index is -3.75. The lowest BCUT2D eigenvalue weighted by molar-refractivity contribution is -0.140. The summed E-state index contributed by atoms with van der Waals surface area (Å²) in [6.07, 6.45) is 3.23. The minimum Gasteiger partial charge on any atom is -0.497 e. The van der Waals surface area contributed by atoms with Gasteiger partial charge in [-0.1, -0.05) is 50.1 Å². The van der Waals surface area contributed by atoms with Crippen LogP contribution in [0.15, 0.2) is 48.5 Å². The molecule has 0 heterocycles. The molecule has 8 nitrogen and oxygen atoms in total. The van der Waals surface area contributed by atoms with Crippen LogP contribution in [-0.2, 0) is 26.2 Å². The molecule has 0 aliphatic rings. The second-order valence-electron chi connectivity index (χ2n) is 8.55. The molecule has 2 aromatic rings. The standard InChI is InChI=1S/C26H37N3O5S/c1-6-8-16-27-26(31)24(7-2)28(18-21-10-9-11-23(17-21)34-4)25(30)19-29(35(5,32)33)22-14-12-20(3)13-15-22/h9-15,17,24H,6-8,16,18-19H2,1-5H3,(H,27,31)/t24-/m1/s1. The van der Waals surface area contributed by atoms with Gasteiger partial charge in [-0.3, -0.25) is 13.9 Å². The summed E-state index contributed by atoms with van der Waals surface area (Å²) in [5, 5.41) is 2.91. The molecule has 0 saturated heterocycles. The fraction of sp³-hybridized carbons (Fsp3) is 0.462. The lowest BCUT2D eigenvalue weighted by atomic mass is 10.1. The third kappa shape index (κ3) is 8.28. The Morgan fingerprint density at radius 1 is 1.09 bits per heavy atom. The highest BCUT2D eigenvalue weighted by Gasteiger charge is 2.31. The van der Waals surface area contributed by atoms with Crippen molar-refractivity contribution in [3.05, 3.63) is 59.7 Å². The molecule has 0 fully saturated rings. The van der Waals surface area contributed by atoms with Crippen LogP contribution in [0.5, 0.6) is 5.75 Å². The maximum absolute atomic E-state index is 13.6. The van der Waals surface area contributed by atoms with E-state index in [9.17, 15) is 18.0 Å². The van der Waals surface area contributed by atoms with Gasteiger partial charge >= 0.3 is 0 Å². The highest BCUT2D eigenvalue weighted by Crippen LogP contribution is 2.21. The summed E-state index contributed by atoms with van der Waals surface area (Å²) in [6, 6.07) is 13.4. The molecule has 0 aliphatic heterocycles. The molecular weight excluding hydrogens is 466 g/mol. The Morgan fingerprint density at radius 3 is 2.34 bits per heavy atom. The van der Waals surface area contributed by atoms with E-state index >= 15 is 0 Å².